The van der Waals surface area contributed by atoms with Gasteiger partial charge in [-0.25, -0.2) is 0 Å². The average Bonchev–Trinajstić information content (AvgIpc) is 3.15. The first-order valence-electron chi connectivity index (χ1n) is 7.86. The highest BCUT2D eigenvalue weighted by Gasteiger charge is 2.26. The third-order valence-electron chi connectivity index (χ3n) is 4.08. The molecule has 1 aliphatic rings. The minimum Gasteiger partial charge on any atom is -0.489 e. The molecule has 1 fully saturated rings. The summed E-state index contributed by atoms with van der Waals surface area (Å²) in [6.07, 6.45) is 0.807. The quantitative estimate of drug-likeness (QED) is 0.851. The highest BCUT2D eigenvalue weighted by molar-refractivity contribution is 5.94. The van der Waals surface area contributed by atoms with Crippen LogP contribution in [0.3, 0.4) is 0 Å². The van der Waals surface area contributed by atoms with Gasteiger partial charge in [0.2, 0.25) is 5.91 Å². The summed E-state index contributed by atoms with van der Waals surface area (Å²) in [5, 5.41) is 0. The van der Waals surface area contributed by atoms with Crippen molar-refractivity contribution in [1.29, 1.82) is 0 Å². The second kappa shape index (κ2) is 7.29. The van der Waals surface area contributed by atoms with Crippen molar-refractivity contribution in [2.24, 2.45) is 5.92 Å². The molecule has 23 heavy (non-hydrogen) atoms. The van der Waals surface area contributed by atoms with E-state index >= 15 is 0 Å². The van der Waals surface area contributed by atoms with Crippen LogP contribution in [0.5, 0.6) is 5.75 Å². The Labute approximate surface area is 136 Å². The Morgan fingerprint density at radius 3 is 2.57 bits per heavy atom. The lowest BCUT2D eigenvalue weighted by Gasteiger charge is -2.20. The minimum atomic E-state index is -0.0194. The molecule has 0 spiro atoms. The molecule has 4 nitrogen and oxygen atoms in total. The number of benzene rings is 2. The summed E-state index contributed by atoms with van der Waals surface area (Å²) in [5.74, 6) is 0.886. The van der Waals surface area contributed by atoms with Gasteiger partial charge in [0, 0.05) is 19.3 Å². The lowest BCUT2D eigenvalue weighted by molar-refractivity contribution is -0.122. The molecular formula is C19H21NO3. The van der Waals surface area contributed by atoms with Crippen molar-refractivity contribution in [3.63, 3.8) is 0 Å². The molecule has 0 unspecified atom stereocenters. The summed E-state index contributed by atoms with van der Waals surface area (Å²) < 4.78 is 11.1. The molecule has 2 aromatic rings. The van der Waals surface area contributed by atoms with Gasteiger partial charge in [-0.2, -0.15) is 0 Å². The van der Waals surface area contributed by atoms with E-state index in [1.165, 1.54) is 0 Å². The number of carbonyl (C=O) groups is 1. The highest BCUT2D eigenvalue weighted by Crippen LogP contribution is 2.23. The number of anilines is 1. The van der Waals surface area contributed by atoms with E-state index in [9.17, 15) is 4.79 Å². The molecule has 1 amide bonds. The van der Waals surface area contributed by atoms with E-state index in [0.717, 1.165) is 23.4 Å². The van der Waals surface area contributed by atoms with Gasteiger partial charge in [-0.15, -0.1) is 0 Å². The van der Waals surface area contributed by atoms with Crippen LogP contribution in [0.25, 0.3) is 0 Å². The Morgan fingerprint density at radius 1 is 1.17 bits per heavy atom. The third kappa shape index (κ3) is 3.90. The number of rotatable bonds is 5. The molecular weight excluding hydrogens is 290 g/mol. The normalized spacial score (nSPS) is 17.0. The number of hydrogen-bond donors (Lipinski definition) is 0. The zero-order valence-corrected chi connectivity index (χ0v) is 13.3. The van der Waals surface area contributed by atoms with Gasteiger partial charge in [0.05, 0.1) is 12.5 Å². The zero-order chi connectivity index (χ0) is 16.1. The van der Waals surface area contributed by atoms with Crippen molar-refractivity contribution >= 4 is 11.6 Å². The first-order valence-corrected chi connectivity index (χ1v) is 7.86. The van der Waals surface area contributed by atoms with E-state index in [-0.39, 0.29) is 11.8 Å². The Balaban J connectivity index is 1.59. The molecule has 1 heterocycles. The Bertz CT molecular complexity index is 633. The molecule has 0 bridgehead atoms. The van der Waals surface area contributed by atoms with Crippen LogP contribution in [0.1, 0.15) is 12.0 Å². The average molecular weight is 311 g/mol. The number of nitrogens with zero attached hydrogens (tertiary/aromatic N) is 1. The Kier molecular flexibility index (Phi) is 4.93. The van der Waals surface area contributed by atoms with Crippen LogP contribution in [-0.4, -0.2) is 26.2 Å². The Hall–Kier alpha value is -2.33. The fourth-order valence-corrected chi connectivity index (χ4v) is 2.64. The first kappa shape index (κ1) is 15.6. The summed E-state index contributed by atoms with van der Waals surface area (Å²) in [5.41, 5.74) is 2.00. The van der Waals surface area contributed by atoms with E-state index in [0.29, 0.717) is 19.8 Å². The maximum Gasteiger partial charge on any atom is 0.232 e. The van der Waals surface area contributed by atoms with Crippen molar-refractivity contribution < 1.29 is 14.3 Å². The van der Waals surface area contributed by atoms with E-state index in [2.05, 4.69) is 0 Å². The van der Waals surface area contributed by atoms with E-state index in [1.54, 1.807) is 11.9 Å². The van der Waals surface area contributed by atoms with Gasteiger partial charge in [0.1, 0.15) is 12.4 Å². The molecule has 0 N–H and O–H groups in total. The van der Waals surface area contributed by atoms with E-state index in [4.69, 9.17) is 9.47 Å². The molecule has 1 saturated heterocycles. The van der Waals surface area contributed by atoms with E-state index in [1.807, 2.05) is 54.6 Å². The van der Waals surface area contributed by atoms with Crippen LogP contribution in [0.4, 0.5) is 5.69 Å². The SMILES string of the molecule is CN(C(=O)[C@H]1CCOC1)c1ccc(OCc2ccccc2)cc1. The second-order valence-corrected chi connectivity index (χ2v) is 5.73. The number of amides is 1. The van der Waals surface area contributed by atoms with Gasteiger partial charge < -0.3 is 14.4 Å². The van der Waals surface area contributed by atoms with Gasteiger partial charge in [0.25, 0.3) is 0 Å². The van der Waals surface area contributed by atoms with Crippen LogP contribution < -0.4 is 9.64 Å². The first-order chi connectivity index (χ1) is 11.2. The van der Waals surface area contributed by atoms with Crippen molar-refractivity contribution in [2.45, 2.75) is 13.0 Å². The second-order valence-electron chi connectivity index (χ2n) is 5.73. The highest BCUT2D eigenvalue weighted by atomic mass is 16.5. The van der Waals surface area contributed by atoms with Crippen LogP contribution >= 0.6 is 0 Å². The molecule has 1 atom stereocenters. The molecule has 4 heteroatoms. The number of carbonyl (C=O) groups excluding carboxylic acids is 1. The molecule has 0 saturated carbocycles. The fourth-order valence-electron chi connectivity index (χ4n) is 2.64. The lowest BCUT2D eigenvalue weighted by atomic mass is 10.1. The summed E-state index contributed by atoms with van der Waals surface area (Å²) in [4.78, 5) is 14.1. The van der Waals surface area contributed by atoms with Crippen molar-refractivity contribution in [3.8, 4) is 5.75 Å². The van der Waals surface area contributed by atoms with Crippen LogP contribution in [-0.2, 0) is 16.1 Å². The van der Waals surface area contributed by atoms with Crippen molar-refractivity contribution in [3.05, 3.63) is 60.2 Å². The summed E-state index contributed by atoms with van der Waals surface area (Å²) in [6.45, 7) is 1.74. The van der Waals surface area contributed by atoms with Crippen LogP contribution in [0.15, 0.2) is 54.6 Å². The molecule has 120 valence electrons. The van der Waals surface area contributed by atoms with Gasteiger partial charge in [-0.3, -0.25) is 4.79 Å². The molecule has 1 aliphatic heterocycles. The van der Waals surface area contributed by atoms with Crippen LogP contribution in [0, 0.1) is 5.92 Å². The predicted molar refractivity (Wildman–Crippen MR) is 89.6 cm³/mol. The third-order valence-corrected chi connectivity index (χ3v) is 4.08. The van der Waals surface area contributed by atoms with Gasteiger partial charge in [-0.1, -0.05) is 30.3 Å². The summed E-state index contributed by atoms with van der Waals surface area (Å²) in [7, 11) is 1.81. The van der Waals surface area contributed by atoms with E-state index < -0.39 is 0 Å². The van der Waals surface area contributed by atoms with Crippen molar-refractivity contribution in [1.82, 2.24) is 0 Å². The summed E-state index contributed by atoms with van der Waals surface area (Å²) >= 11 is 0. The van der Waals surface area contributed by atoms with Gasteiger partial charge >= 0.3 is 0 Å². The fraction of sp³-hybridized carbons (Fsp3) is 0.316. The lowest BCUT2D eigenvalue weighted by Crippen LogP contribution is -2.33. The largest absolute Gasteiger partial charge is 0.489 e. The standard InChI is InChI=1S/C19H21NO3/c1-20(19(21)16-11-12-22-14-16)17-7-9-18(10-8-17)23-13-15-5-3-2-4-6-15/h2-10,16H,11-14H2,1H3/t16-/m0/s1. The molecule has 2 aromatic carbocycles. The number of hydrogen-bond acceptors (Lipinski definition) is 3. The summed E-state index contributed by atoms with van der Waals surface area (Å²) in [6, 6.07) is 17.7. The smallest absolute Gasteiger partial charge is 0.232 e. The zero-order valence-electron chi connectivity index (χ0n) is 13.3. The van der Waals surface area contributed by atoms with Gasteiger partial charge in [0.15, 0.2) is 0 Å². The monoisotopic (exact) mass is 311 g/mol. The molecule has 3 rings (SSSR count). The predicted octanol–water partition coefficient (Wildman–Crippen LogP) is 3.26. The topological polar surface area (TPSA) is 38.8 Å². The Morgan fingerprint density at radius 2 is 1.91 bits per heavy atom. The van der Waals surface area contributed by atoms with Crippen molar-refractivity contribution in [2.75, 3.05) is 25.2 Å². The maximum absolute atomic E-state index is 12.4. The molecule has 0 aromatic heterocycles. The minimum absolute atomic E-state index is 0.0194. The van der Waals surface area contributed by atoms with Crippen LogP contribution in [0.2, 0.25) is 0 Å². The molecule has 0 radical (unpaired) electrons. The molecule has 0 aliphatic carbocycles. The number of ether oxygens (including phenoxy) is 2. The van der Waals surface area contributed by atoms with Gasteiger partial charge in [-0.05, 0) is 36.2 Å². The maximum atomic E-state index is 12.4.